The average Bonchev–Trinajstić information content (AvgIpc) is 3.51. The maximum absolute atomic E-state index is 4.97. The maximum Gasteiger partial charge on any atom is 0.164 e. The van der Waals surface area contributed by atoms with Crippen LogP contribution in [0.4, 0.5) is 0 Å². The van der Waals surface area contributed by atoms with Crippen molar-refractivity contribution in [2.45, 2.75) is 19.3 Å². The maximum atomic E-state index is 4.97. The minimum Gasteiger partial charge on any atom is -0.265 e. The average molecular weight is 681 g/mol. The molecule has 0 saturated carbocycles. The lowest BCUT2D eigenvalue weighted by Gasteiger charge is -2.18. The molecule has 0 radical (unpaired) electrons. The van der Waals surface area contributed by atoms with Crippen molar-refractivity contribution in [3.05, 3.63) is 199 Å². The Labute approximate surface area is 310 Å². The number of hydrogen-bond donors (Lipinski definition) is 0. The highest BCUT2D eigenvalue weighted by Gasteiger charge is 2.30. The highest BCUT2D eigenvalue weighted by Crippen LogP contribution is 2.45. The zero-order valence-corrected chi connectivity index (χ0v) is 29.6. The normalized spacial score (nSPS) is 13.0. The van der Waals surface area contributed by atoms with Gasteiger partial charge in [-0.15, -0.1) is 0 Å². The zero-order valence-electron chi connectivity index (χ0n) is 29.6. The fourth-order valence-electron chi connectivity index (χ4n) is 7.33. The predicted octanol–water partition coefficient (Wildman–Crippen LogP) is 12.0. The molecule has 4 heteroatoms. The summed E-state index contributed by atoms with van der Waals surface area (Å²) in [4.78, 5) is 19.0. The van der Waals surface area contributed by atoms with Crippen molar-refractivity contribution < 1.29 is 0 Å². The standard InChI is InChI=1S/C49H36N4/c1-49(2)32-44(43-31-40(22-23-45(43)49)33-24-26-50-27-25-33)41-20-10-18-38(29-41)36-16-9-17-37(28-36)39-19-11-21-42(30-39)48-52-46(34-12-5-3-6-13-34)51-47(53-48)35-14-7-4-8-15-35/h3-32H,1-2H3. The SMILES string of the molecule is CC1(C)C=C(c2cccc(-c3cccc(-c4cccc(-c5nc(-c6ccccc6)nc(-c6ccccc6)n5)c4)c3)c2)c2cc(-c3ccncc3)ccc21. The molecule has 53 heavy (non-hydrogen) atoms. The molecule has 0 amide bonds. The van der Waals surface area contributed by atoms with E-state index in [-0.39, 0.29) is 5.41 Å². The van der Waals surface area contributed by atoms with E-state index in [4.69, 9.17) is 15.0 Å². The number of rotatable bonds is 7. The molecule has 0 fully saturated rings. The van der Waals surface area contributed by atoms with Crippen LogP contribution in [-0.2, 0) is 5.41 Å². The molecule has 0 N–H and O–H groups in total. The summed E-state index contributed by atoms with van der Waals surface area (Å²) in [6.45, 7) is 4.60. The lowest BCUT2D eigenvalue weighted by molar-refractivity contribution is 0.683. The topological polar surface area (TPSA) is 51.6 Å². The Bertz CT molecular complexity index is 2570. The second-order valence-electron chi connectivity index (χ2n) is 14.1. The van der Waals surface area contributed by atoms with Gasteiger partial charge in [0.2, 0.25) is 0 Å². The second-order valence-corrected chi connectivity index (χ2v) is 14.1. The summed E-state index contributed by atoms with van der Waals surface area (Å²) in [5.41, 5.74) is 14.8. The molecule has 2 aromatic heterocycles. The molecule has 1 aliphatic carbocycles. The predicted molar refractivity (Wildman–Crippen MR) is 217 cm³/mol. The highest BCUT2D eigenvalue weighted by atomic mass is 15.0. The van der Waals surface area contributed by atoms with E-state index < -0.39 is 0 Å². The van der Waals surface area contributed by atoms with E-state index >= 15 is 0 Å². The van der Waals surface area contributed by atoms with E-state index in [1.165, 1.54) is 39.0 Å². The fourth-order valence-corrected chi connectivity index (χ4v) is 7.33. The van der Waals surface area contributed by atoms with E-state index in [2.05, 4.69) is 128 Å². The van der Waals surface area contributed by atoms with Gasteiger partial charge in [0, 0.05) is 34.5 Å². The second kappa shape index (κ2) is 13.4. The van der Waals surface area contributed by atoms with Crippen molar-refractivity contribution in [1.82, 2.24) is 19.9 Å². The van der Waals surface area contributed by atoms with Crippen LogP contribution >= 0.6 is 0 Å². The first-order valence-electron chi connectivity index (χ1n) is 18.0. The van der Waals surface area contributed by atoms with Crippen LogP contribution in [0.1, 0.15) is 30.5 Å². The number of fused-ring (bicyclic) bond motifs is 1. The lowest BCUT2D eigenvalue weighted by atomic mass is 9.86. The Hall–Kier alpha value is -6.78. The minimum absolute atomic E-state index is 0.0649. The van der Waals surface area contributed by atoms with Crippen LogP contribution < -0.4 is 0 Å². The number of benzene rings is 6. The van der Waals surface area contributed by atoms with Gasteiger partial charge in [-0.1, -0.05) is 147 Å². The Morgan fingerprint density at radius 2 is 0.792 bits per heavy atom. The van der Waals surface area contributed by atoms with Gasteiger partial charge in [0.05, 0.1) is 0 Å². The van der Waals surface area contributed by atoms with Gasteiger partial charge >= 0.3 is 0 Å². The van der Waals surface area contributed by atoms with Crippen molar-refractivity contribution in [1.29, 1.82) is 0 Å². The molecule has 4 nitrogen and oxygen atoms in total. The first-order chi connectivity index (χ1) is 26.0. The molecule has 6 aromatic carbocycles. The Balaban J connectivity index is 1.07. The summed E-state index contributed by atoms with van der Waals surface area (Å²) in [6, 6.07) is 57.4. The molecule has 0 spiro atoms. The van der Waals surface area contributed by atoms with Gasteiger partial charge in [-0.3, -0.25) is 4.98 Å². The lowest BCUT2D eigenvalue weighted by Crippen LogP contribution is -2.10. The smallest absolute Gasteiger partial charge is 0.164 e. The third-order valence-electron chi connectivity index (χ3n) is 10.0. The van der Waals surface area contributed by atoms with Crippen LogP contribution in [0.3, 0.4) is 0 Å². The Kier molecular flexibility index (Phi) is 8.13. The molecule has 0 atom stereocenters. The van der Waals surface area contributed by atoms with E-state index in [1.807, 2.05) is 73.1 Å². The number of pyridine rings is 1. The molecular formula is C49H36N4. The van der Waals surface area contributed by atoms with E-state index in [0.29, 0.717) is 17.5 Å². The zero-order chi connectivity index (χ0) is 35.8. The molecule has 2 heterocycles. The van der Waals surface area contributed by atoms with Crippen molar-refractivity contribution in [3.8, 4) is 67.5 Å². The van der Waals surface area contributed by atoms with Gasteiger partial charge in [-0.05, 0) is 92.0 Å². The quantitative estimate of drug-likeness (QED) is 0.168. The van der Waals surface area contributed by atoms with Crippen molar-refractivity contribution in [2.75, 3.05) is 0 Å². The van der Waals surface area contributed by atoms with Crippen LogP contribution in [0.5, 0.6) is 0 Å². The van der Waals surface area contributed by atoms with Gasteiger partial charge in [0.15, 0.2) is 17.5 Å². The molecule has 8 aromatic rings. The van der Waals surface area contributed by atoms with E-state index in [9.17, 15) is 0 Å². The minimum atomic E-state index is -0.0649. The fraction of sp³-hybridized carbons (Fsp3) is 0.0612. The van der Waals surface area contributed by atoms with Crippen molar-refractivity contribution in [2.24, 2.45) is 0 Å². The van der Waals surface area contributed by atoms with Crippen LogP contribution in [-0.4, -0.2) is 19.9 Å². The Morgan fingerprint density at radius 3 is 1.36 bits per heavy atom. The van der Waals surface area contributed by atoms with E-state index in [1.54, 1.807) is 0 Å². The van der Waals surface area contributed by atoms with Crippen LogP contribution in [0.2, 0.25) is 0 Å². The van der Waals surface area contributed by atoms with Crippen LogP contribution in [0.25, 0.3) is 73.1 Å². The van der Waals surface area contributed by atoms with Gasteiger partial charge < -0.3 is 0 Å². The Morgan fingerprint density at radius 1 is 0.358 bits per heavy atom. The molecule has 1 aliphatic rings. The number of allylic oxidation sites excluding steroid dienone is 1. The van der Waals surface area contributed by atoms with E-state index in [0.717, 1.165) is 33.4 Å². The number of aromatic nitrogens is 4. The van der Waals surface area contributed by atoms with Crippen molar-refractivity contribution >= 4 is 5.57 Å². The molecule has 0 bridgehead atoms. The number of hydrogen-bond acceptors (Lipinski definition) is 4. The number of nitrogens with zero attached hydrogens (tertiary/aromatic N) is 4. The summed E-state index contributed by atoms with van der Waals surface area (Å²) >= 11 is 0. The first kappa shape index (κ1) is 32.1. The van der Waals surface area contributed by atoms with Gasteiger partial charge in [-0.25, -0.2) is 15.0 Å². The van der Waals surface area contributed by atoms with Gasteiger partial charge in [0.25, 0.3) is 0 Å². The third-order valence-corrected chi connectivity index (χ3v) is 10.0. The third kappa shape index (κ3) is 6.36. The summed E-state index contributed by atoms with van der Waals surface area (Å²) in [7, 11) is 0. The summed E-state index contributed by atoms with van der Waals surface area (Å²) in [6.07, 6.45) is 6.13. The molecular weight excluding hydrogens is 645 g/mol. The molecule has 252 valence electrons. The van der Waals surface area contributed by atoms with Crippen LogP contribution in [0.15, 0.2) is 182 Å². The summed E-state index contributed by atoms with van der Waals surface area (Å²) in [5.74, 6) is 1.95. The highest BCUT2D eigenvalue weighted by molar-refractivity contribution is 5.90. The monoisotopic (exact) mass is 680 g/mol. The summed E-state index contributed by atoms with van der Waals surface area (Å²) < 4.78 is 0. The largest absolute Gasteiger partial charge is 0.265 e. The van der Waals surface area contributed by atoms with Crippen molar-refractivity contribution in [3.63, 3.8) is 0 Å². The van der Waals surface area contributed by atoms with Gasteiger partial charge in [-0.2, -0.15) is 0 Å². The molecule has 0 aliphatic heterocycles. The van der Waals surface area contributed by atoms with Gasteiger partial charge in [0.1, 0.15) is 0 Å². The molecule has 0 unspecified atom stereocenters. The summed E-state index contributed by atoms with van der Waals surface area (Å²) in [5, 5.41) is 0. The molecule has 9 rings (SSSR count). The van der Waals surface area contributed by atoms with Crippen LogP contribution in [0, 0.1) is 0 Å². The first-order valence-corrected chi connectivity index (χ1v) is 18.0. The molecule has 0 saturated heterocycles.